The highest BCUT2D eigenvalue weighted by atomic mass is 19.3. The number of halogens is 2. The summed E-state index contributed by atoms with van der Waals surface area (Å²) in [6, 6.07) is 6.61. The van der Waals surface area contributed by atoms with Crippen LogP contribution in [0.2, 0.25) is 0 Å². The van der Waals surface area contributed by atoms with Gasteiger partial charge in [0.05, 0.1) is 6.61 Å². The lowest BCUT2D eigenvalue weighted by Gasteiger charge is -2.33. The summed E-state index contributed by atoms with van der Waals surface area (Å²) in [5.41, 5.74) is -0.945. The third-order valence-electron chi connectivity index (χ3n) is 5.80. The van der Waals surface area contributed by atoms with E-state index in [4.69, 9.17) is 4.74 Å². The molecule has 27 heavy (non-hydrogen) atoms. The van der Waals surface area contributed by atoms with Crippen LogP contribution in [0.5, 0.6) is 0 Å². The van der Waals surface area contributed by atoms with Crippen LogP contribution >= 0.6 is 0 Å². The van der Waals surface area contributed by atoms with Crippen LogP contribution in [0.25, 0.3) is 6.08 Å². The van der Waals surface area contributed by atoms with Crippen LogP contribution in [-0.4, -0.2) is 36.7 Å². The van der Waals surface area contributed by atoms with E-state index in [1.54, 1.807) is 30.3 Å². The minimum absolute atomic E-state index is 0.0785. The summed E-state index contributed by atoms with van der Waals surface area (Å²) in [6.45, 7) is 5.61. The number of esters is 1. The number of nitrogens with one attached hydrogen (secondary N) is 1. The topological polar surface area (TPSA) is 58.6 Å². The minimum Gasteiger partial charge on any atom is -0.463 e. The van der Waals surface area contributed by atoms with Crippen molar-refractivity contribution in [2.75, 3.05) is 19.7 Å². The van der Waals surface area contributed by atoms with Crippen molar-refractivity contribution in [3.8, 4) is 0 Å². The minimum atomic E-state index is -2.87. The highest BCUT2D eigenvalue weighted by molar-refractivity contribution is 5.81. The summed E-state index contributed by atoms with van der Waals surface area (Å²) in [4.78, 5) is 12.9. The molecule has 0 amide bonds. The third-order valence-corrected chi connectivity index (χ3v) is 5.80. The second kappa shape index (κ2) is 8.07. The van der Waals surface area contributed by atoms with E-state index in [1.807, 2.05) is 0 Å². The number of carbonyl (C=O) groups is 1. The average Bonchev–Trinajstić information content (AvgIpc) is 3.06. The molecule has 0 spiro atoms. The van der Waals surface area contributed by atoms with Gasteiger partial charge < -0.3 is 15.2 Å². The van der Waals surface area contributed by atoms with Crippen LogP contribution < -0.4 is 5.32 Å². The van der Waals surface area contributed by atoms with Crippen LogP contribution in [0.3, 0.4) is 0 Å². The third kappa shape index (κ3) is 4.38. The predicted octanol–water partition coefficient (Wildman–Crippen LogP) is 3.50. The summed E-state index contributed by atoms with van der Waals surface area (Å²) in [7, 11) is 0. The summed E-state index contributed by atoms with van der Waals surface area (Å²) in [6.07, 6.45) is 2.65. The molecule has 4 nitrogen and oxygen atoms in total. The zero-order valence-corrected chi connectivity index (χ0v) is 15.4. The highest BCUT2D eigenvalue weighted by Crippen LogP contribution is 2.48. The zero-order valence-electron chi connectivity index (χ0n) is 15.4. The van der Waals surface area contributed by atoms with Gasteiger partial charge in [-0.05, 0) is 49.4 Å². The van der Waals surface area contributed by atoms with Gasteiger partial charge in [0.25, 0.3) is 0 Å². The van der Waals surface area contributed by atoms with Gasteiger partial charge in [-0.3, -0.25) is 0 Å². The Kier molecular flexibility index (Phi) is 5.96. The number of hydrogen-bond donors (Lipinski definition) is 2. The first kappa shape index (κ1) is 20.0. The fourth-order valence-corrected chi connectivity index (χ4v) is 4.05. The molecule has 2 atom stereocenters. The van der Waals surface area contributed by atoms with Gasteiger partial charge >= 0.3 is 5.97 Å². The molecule has 1 saturated heterocycles. The maximum Gasteiger partial charge on any atom is 0.343 e. The number of ether oxygens (including phenoxy) is 1. The molecular weight excluding hydrogens is 352 g/mol. The lowest BCUT2D eigenvalue weighted by molar-refractivity contribution is -0.176. The number of aliphatic hydroxyl groups is 1. The van der Waals surface area contributed by atoms with E-state index in [2.05, 4.69) is 11.9 Å². The Morgan fingerprint density at radius 3 is 2.52 bits per heavy atom. The normalized spacial score (nSPS) is 24.9. The smallest absolute Gasteiger partial charge is 0.343 e. The summed E-state index contributed by atoms with van der Waals surface area (Å²) < 4.78 is 33.1. The van der Waals surface area contributed by atoms with Crippen molar-refractivity contribution in [1.82, 2.24) is 5.32 Å². The summed E-state index contributed by atoms with van der Waals surface area (Å²) >= 11 is 0. The lowest BCUT2D eigenvalue weighted by atomic mass is 9.79. The Morgan fingerprint density at radius 2 is 1.96 bits per heavy atom. The van der Waals surface area contributed by atoms with Crippen LogP contribution in [0.4, 0.5) is 8.78 Å². The number of piperidine rings is 1. The van der Waals surface area contributed by atoms with Crippen LogP contribution in [0.15, 0.2) is 30.8 Å². The lowest BCUT2D eigenvalue weighted by Crippen LogP contribution is -2.44. The van der Waals surface area contributed by atoms with Gasteiger partial charge in [-0.1, -0.05) is 36.9 Å². The molecule has 0 aromatic heterocycles. The standard InChI is InChI=1S/C21H27F2NO3/c1-2-15-3-5-17(6-4-15)21(26,18-7-10-20(22,23)13-18)19(25)27-14-16-8-11-24-12-9-16/h2-6,16,18,24,26H,1,7-14H2. The average molecular weight is 379 g/mol. The summed E-state index contributed by atoms with van der Waals surface area (Å²) in [5, 5.41) is 14.6. The maximum atomic E-state index is 13.8. The summed E-state index contributed by atoms with van der Waals surface area (Å²) in [5.74, 6) is -4.33. The highest BCUT2D eigenvalue weighted by Gasteiger charge is 2.54. The first-order valence-corrected chi connectivity index (χ1v) is 9.56. The Morgan fingerprint density at radius 1 is 1.30 bits per heavy atom. The molecule has 1 aliphatic carbocycles. The van der Waals surface area contributed by atoms with E-state index in [0.29, 0.717) is 5.56 Å². The number of benzene rings is 1. The molecule has 6 heteroatoms. The van der Waals surface area contributed by atoms with E-state index in [-0.39, 0.29) is 25.4 Å². The number of carbonyl (C=O) groups excluding carboxylic acids is 1. The molecule has 1 aromatic rings. The molecule has 2 aliphatic rings. The Labute approximate surface area is 158 Å². The van der Waals surface area contributed by atoms with Gasteiger partial charge in [0, 0.05) is 18.8 Å². The van der Waals surface area contributed by atoms with Gasteiger partial charge in [-0.15, -0.1) is 0 Å². The predicted molar refractivity (Wildman–Crippen MR) is 99.3 cm³/mol. The maximum absolute atomic E-state index is 13.8. The Bertz CT molecular complexity index is 671. The van der Waals surface area contributed by atoms with Gasteiger partial charge in [0.15, 0.2) is 5.60 Å². The van der Waals surface area contributed by atoms with Crippen molar-refractivity contribution in [2.24, 2.45) is 11.8 Å². The SMILES string of the molecule is C=Cc1ccc(C(O)(C(=O)OCC2CCNCC2)C2CCC(F)(F)C2)cc1. The second-order valence-corrected chi connectivity index (χ2v) is 7.68. The van der Waals surface area contributed by atoms with Gasteiger partial charge in [0.2, 0.25) is 5.92 Å². The van der Waals surface area contributed by atoms with Crippen molar-refractivity contribution < 1.29 is 23.4 Å². The molecular formula is C21H27F2NO3. The molecule has 0 bridgehead atoms. The first-order chi connectivity index (χ1) is 12.8. The van der Waals surface area contributed by atoms with Gasteiger partial charge in [-0.25, -0.2) is 13.6 Å². The van der Waals surface area contributed by atoms with Crippen LogP contribution in [0, 0.1) is 11.8 Å². The van der Waals surface area contributed by atoms with Gasteiger partial charge in [-0.2, -0.15) is 0 Å². The van der Waals surface area contributed by atoms with Crippen molar-refractivity contribution >= 4 is 12.0 Å². The molecule has 0 radical (unpaired) electrons. The fraction of sp³-hybridized carbons (Fsp3) is 0.571. The molecule has 1 heterocycles. The molecule has 1 aliphatic heterocycles. The van der Waals surface area contributed by atoms with Gasteiger partial charge in [0.1, 0.15) is 0 Å². The fourth-order valence-electron chi connectivity index (χ4n) is 4.05. The molecule has 1 saturated carbocycles. The molecule has 2 fully saturated rings. The second-order valence-electron chi connectivity index (χ2n) is 7.68. The van der Waals surface area contributed by atoms with Crippen molar-refractivity contribution in [2.45, 2.75) is 43.6 Å². The molecule has 1 aromatic carbocycles. The largest absolute Gasteiger partial charge is 0.463 e. The molecule has 3 rings (SSSR count). The van der Waals surface area contributed by atoms with Crippen molar-refractivity contribution in [3.63, 3.8) is 0 Å². The number of hydrogen-bond acceptors (Lipinski definition) is 4. The monoisotopic (exact) mass is 379 g/mol. The van der Waals surface area contributed by atoms with E-state index >= 15 is 0 Å². The first-order valence-electron chi connectivity index (χ1n) is 9.56. The van der Waals surface area contributed by atoms with E-state index < -0.39 is 29.8 Å². The quantitative estimate of drug-likeness (QED) is 0.743. The number of rotatable bonds is 6. The Balaban J connectivity index is 1.81. The van der Waals surface area contributed by atoms with Crippen molar-refractivity contribution in [1.29, 1.82) is 0 Å². The van der Waals surface area contributed by atoms with Crippen LogP contribution in [0.1, 0.15) is 43.2 Å². The van der Waals surface area contributed by atoms with E-state index in [0.717, 1.165) is 31.5 Å². The molecule has 148 valence electrons. The Hall–Kier alpha value is -1.79. The molecule has 2 N–H and O–H groups in total. The molecule has 2 unspecified atom stereocenters. The van der Waals surface area contributed by atoms with E-state index in [9.17, 15) is 18.7 Å². The van der Waals surface area contributed by atoms with E-state index in [1.165, 1.54) is 0 Å². The van der Waals surface area contributed by atoms with Crippen molar-refractivity contribution in [3.05, 3.63) is 42.0 Å². The zero-order chi connectivity index (χ0) is 19.5. The van der Waals surface area contributed by atoms with Crippen LogP contribution in [-0.2, 0) is 15.1 Å². The number of alkyl halides is 2.